The summed E-state index contributed by atoms with van der Waals surface area (Å²) >= 11 is 0. The third-order valence-corrected chi connectivity index (χ3v) is 6.37. The Morgan fingerprint density at radius 2 is 1.49 bits per heavy atom. The molecule has 7 nitrogen and oxygen atoms in total. The molecule has 0 bridgehead atoms. The largest absolute Gasteiger partial charge is 0.480 e. The molecule has 188 valence electrons. The summed E-state index contributed by atoms with van der Waals surface area (Å²) in [6.07, 6.45) is 0.329. The molecule has 0 saturated carbocycles. The number of benzene rings is 2. The molecule has 3 N–H and O–H groups in total. The van der Waals surface area contributed by atoms with Crippen LogP contribution in [0.5, 0.6) is 0 Å². The lowest BCUT2D eigenvalue weighted by molar-refractivity contribution is -0.143. The lowest BCUT2D eigenvalue weighted by atomic mass is 9.88. The lowest BCUT2D eigenvalue weighted by Crippen LogP contribution is -2.53. The van der Waals surface area contributed by atoms with Crippen LogP contribution in [0.4, 0.5) is 4.79 Å². The van der Waals surface area contributed by atoms with Gasteiger partial charge in [-0.25, -0.2) is 9.59 Å². The zero-order valence-electron chi connectivity index (χ0n) is 21.1. The van der Waals surface area contributed by atoms with Gasteiger partial charge in [0.05, 0.1) is 0 Å². The number of fused-ring (bicyclic) bond motifs is 3. The minimum absolute atomic E-state index is 0.0639. The highest BCUT2D eigenvalue weighted by Gasteiger charge is 2.32. The van der Waals surface area contributed by atoms with Crippen molar-refractivity contribution in [2.24, 2.45) is 11.3 Å². The van der Waals surface area contributed by atoms with Gasteiger partial charge in [0, 0.05) is 5.92 Å². The summed E-state index contributed by atoms with van der Waals surface area (Å²) in [5.74, 6) is -2.02. The number of carbonyl (C=O) groups excluding carboxylic acids is 2. The van der Waals surface area contributed by atoms with Gasteiger partial charge in [-0.2, -0.15) is 0 Å². The maximum atomic E-state index is 13.0. The van der Waals surface area contributed by atoms with E-state index in [4.69, 9.17) is 4.74 Å². The zero-order valence-corrected chi connectivity index (χ0v) is 21.1. The van der Waals surface area contributed by atoms with E-state index >= 15 is 0 Å². The average molecular weight is 481 g/mol. The molecule has 1 aliphatic rings. The Kier molecular flexibility index (Phi) is 8.20. The number of carbonyl (C=O) groups is 3. The van der Waals surface area contributed by atoms with Crippen molar-refractivity contribution in [1.29, 1.82) is 0 Å². The molecule has 0 fully saturated rings. The van der Waals surface area contributed by atoms with Gasteiger partial charge in [-0.1, -0.05) is 83.1 Å². The molecule has 3 rings (SSSR count). The number of carboxylic acids is 1. The summed E-state index contributed by atoms with van der Waals surface area (Å²) in [6, 6.07) is 14.2. The van der Waals surface area contributed by atoms with E-state index in [0.29, 0.717) is 12.8 Å². The number of amides is 2. The molecule has 0 aliphatic heterocycles. The first-order valence-corrected chi connectivity index (χ1v) is 12.1. The summed E-state index contributed by atoms with van der Waals surface area (Å²) < 4.78 is 5.61. The normalized spacial score (nSPS) is 14.6. The number of nitrogens with one attached hydrogen (secondary N) is 2. The summed E-state index contributed by atoms with van der Waals surface area (Å²) in [6.45, 7) is 9.72. The van der Waals surface area contributed by atoms with E-state index in [1.807, 2.05) is 57.2 Å². The van der Waals surface area contributed by atoms with Gasteiger partial charge in [0.1, 0.15) is 18.7 Å². The SMILES string of the molecule is CC(C)[C@@H](NC(=O)C(CCC(C)(C)C)NC(=O)OCC1c2ccccc2-c2ccccc21)C(=O)O. The molecule has 0 spiro atoms. The van der Waals surface area contributed by atoms with E-state index in [0.717, 1.165) is 22.3 Å². The fourth-order valence-corrected chi connectivity index (χ4v) is 4.40. The highest BCUT2D eigenvalue weighted by Crippen LogP contribution is 2.44. The second kappa shape index (κ2) is 10.9. The molecule has 2 atom stereocenters. The third-order valence-electron chi connectivity index (χ3n) is 6.37. The van der Waals surface area contributed by atoms with Gasteiger partial charge in [-0.05, 0) is 46.4 Å². The quantitative estimate of drug-likeness (QED) is 0.471. The molecule has 2 aromatic rings. The minimum atomic E-state index is -1.11. The van der Waals surface area contributed by atoms with Crippen LogP contribution in [-0.2, 0) is 14.3 Å². The summed E-state index contributed by atoms with van der Waals surface area (Å²) in [5.41, 5.74) is 4.40. The lowest BCUT2D eigenvalue weighted by Gasteiger charge is -2.26. The van der Waals surface area contributed by atoms with Crippen molar-refractivity contribution in [1.82, 2.24) is 10.6 Å². The Balaban J connectivity index is 1.69. The standard InChI is InChI=1S/C28H36N2O5/c1-17(2)24(26(32)33)30-25(31)23(14-15-28(3,4)5)29-27(34)35-16-22-20-12-8-6-10-18(20)19-11-7-9-13-21(19)22/h6-13,17,22-24H,14-16H2,1-5H3,(H,29,34)(H,30,31)(H,32,33)/t23?,24-/m1/s1. The molecule has 0 radical (unpaired) electrons. The molecule has 7 heteroatoms. The highest BCUT2D eigenvalue weighted by atomic mass is 16.5. The summed E-state index contributed by atoms with van der Waals surface area (Å²) in [7, 11) is 0. The van der Waals surface area contributed by atoms with Crippen molar-refractivity contribution in [2.75, 3.05) is 6.61 Å². The molecule has 1 unspecified atom stereocenters. The van der Waals surface area contributed by atoms with Crippen molar-refractivity contribution < 1.29 is 24.2 Å². The smallest absolute Gasteiger partial charge is 0.407 e. The van der Waals surface area contributed by atoms with Crippen LogP contribution in [0.1, 0.15) is 64.5 Å². The van der Waals surface area contributed by atoms with Crippen molar-refractivity contribution >= 4 is 18.0 Å². The molecule has 2 aromatic carbocycles. The van der Waals surface area contributed by atoms with Crippen LogP contribution in [0.2, 0.25) is 0 Å². The summed E-state index contributed by atoms with van der Waals surface area (Å²) in [5, 5.41) is 14.7. The molecule has 1 aliphatic carbocycles. The zero-order chi connectivity index (χ0) is 25.8. The monoisotopic (exact) mass is 480 g/mol. The number of alkyl carbamates (subject to hydrolysis) is 1. The number of ether oxygens (including phenoxy) is 1. The Bertz CT molecular complexity index is 1030. The molecular formula is C28H36N2O5. The number of hydrogen-bond donors (Lipinski definition) is 3. The Morgan fingerprint density at radius 1 is 0.943 bits per heavy atom. The van der Waals surface area contributed by atoms with E-state index < -0.39 is 30.1 Å². The Morgan fingerprint density at radius 3 is 1.97 bits per heavy atom. The van der Waals surface area contributed by atoms with Crippen molar-refractivity contribution in [2.45, 2.75) is 65.5 Å². The van der Waals surface area contributed by atoms with E-state index in [1.165, 1.54) is 0 Å². The highest BCUT2D eigenvalue weighted by molar-refractivity contribution is 5.89. The van der Waals surface area contributed by atoms with Gasteiger partial charge in [-0.15, -0.1) is 0 Å². The first-order valence-electron chi connectivity index (χ1n) is 12.1. The molecule has 0 saturated heterocycles. The summed E-state index contributed by atoms with van der Waals surface area (Å²) in [4.78, 5) is 37.3. The number of rotatable bonds is 9. The van der Waals surface area contributed by atoms with Crippen LogP contribution >= 0.6 is 0 Å². The fourth-order valence-electron chi connectivity index (χ4n) is 4.40. The van der Waals surface area contributed by atoms with Gasteiger partial charge in [0.2, 0.25) is 5.91 Å². The van der Waals surface area contributed by atoms with Crippen molar-refractivity contribution in [3.05, 3.63) is 59.7 Å². The molecular weight excluding hydrogens is 444 g/mol. The van der Waals surface area contributed by atoms with Crippen LogP contribution in [-0.4, -0.2) is 41.8 Å². The minimum Gasteiger partial charge on any atom is -0.480 e. The van der Waals surface area contributed by atoms with Gasteiger partial charge >= 0.3 is 12.1 Å². The van der Waals surface area contributed by atoms with E-state index in [1.54, 1.807) is 13.8 Å². The van der Waals surface area contributed by atoms with Gasteiger partial charge in [0.15, 0.2) is 0 Å². The maximum absolute atomic E-state index is 13.0. The first kappa shape index (κ1) is 26.3. The second-order valence-corrected chi connectivity index (χ2v) is 10.7. The Labute approximate surface area is 207 Å². The topological polar surface area (TPSA) is 105 Å². The van der Waals surface area contributed by atoms with Crippen LogP contribution in [0, 0.1) is 11.3 Å². The Hall–Kier alpha value is -3.35. The van der Waals surface area contributed by atoms with E-state index in [9.17, 15) is 19.5 Å². The number of aliphatic carboxylic acids is 1. The predicted octanol–water partition coefficient (Wildman–Crippen LogP) is 4.95. The first-order chi connectivity index (χ1) is 16.5. The molecule has 0 aromatic heterocycles. The molecule has 2 amide bonds. The van der Waals surface area contributed by atoms with Crippen molar-refractivity contribution in [3.63, 3.8) is 0 Å². The van der Waals surface area contributed by atoms with Gasteiger partial charge in [-0.3, -0.25) is 4.79 Å². The van der Waals surface area contributed by atoms with Crippen LogP contribution in [0.25, 0.3) is 11.1 Å². The van der Waals surface area contributed by atoms with Crippen LogP contribution < -0.4 is 10.6 Å². The van der Waals surface area contributed by atoms with Crippen LogP contribution in [0.15, 0.2) is 48.5 Å². The van der Waals surface area contributed by atoms with E-state index in [-0.39, 0.29) is 23.9 Å². The van der Waals surface area contributed by atoms with Gasteiger partial charge in [0.25, 0.3) is 0 Å². The van der Waals surface area contributed by atoms with Gasteiger partial charge < -0.3 is 20.5 Å². The average Bonchev–Trinajstić information content (AvgIpc) is 3.11. The third kappa shape index (κ3) is 6.62. The van der Waals surface area contributed by atoms with Crippen molar-refractivity contribution in [3.8, 4) is 11.1 Å². The molecule has 0 heterocycles. The number of carboxylic acid groups (broad SMARTS) is 1. The maximum Gasteiger partial charge on any atom is 0.407 e. The molecule has 35 heavy (non-hydrogen) atoms. The second-order valence-electron chi connectivity index (χ2n) is 10.7. The number of hydrogen-bond acceptors (Lipinski definition) is 4. The van der Waals surface area contributed by atoms with E-state index in [2.05, 4.69) is 22.8 Å². The van der Waals surface area contributed by atoms with Crippen LogP contribution in [0.3, 0.4) is 0 Å². The predicted molar refractivity (Wildman–Crippen MR) is 135 cm³/mol. The fraction of sp³-hybridized carbons (Fsp3) is 0.464.